The molecule has 1 spiro atoms. The molecular formula is C30H41N. The molecule has 3 atom stereocenters. The second-order valence-electron chi connectivity index (χ2n) is 11.2. The van der Waals surface area contributed by atoms with Crippen LogP contribution in [0.25, 0.3) is 0 Å². The number of hydrogen-bond acceptors (Lipinski definition) is 1. The van der Waals surface area contributed by atoms with E-state index in [1.807, 2.05) is 0 Å². The maximum absolute atomic E-state index is 5.24. The van der Waals surface area contributed by atoms with Crippen LogP contribution in [0.1, 0.15) is 88.5 Å². The SMILES string of the molecule is CCc1ccc(C(C)(CC2CC(C)CC3(CC3)C2)/C(C)=N/c2ccc(C)cc2C)cc1. The van der Waals surface area contributed by atoms with E-state index in [0.29, 0.717) is 5.41 Å². The van der Waals surface area contributed by atoms with Crippen molar-refractivity contribution in [3.05, 3.63) is 64.7 Å². The zero-order valence-electron chi connectivity index (χ0n) is 20.6. The lowest BCUT2D eigenvalue weighted by atomic mass is 9.65. The van der Waals surface area contributed by atoms with E-state index in [9.17, 15) is 0 Å². The molecule has 2 aromatic rings. The molecule has 1 nitrogen and oxygen atoms in total. The predicted molar refractivity (Wildman–Crippen MR) is 135 cm³/mol. The summed E-state index contributed by atoms with van der Waals surface area (Å²) in [6, 6.07) is 16.0. The Morgan fingerprint density at radius 2 is 1.77 bits per heavy atom. The normalized spacial score (nSPS) is 24.8. The molecule has 1 heteroatoms. The molecule has 0 aromatic heterocycles. The molecule has 2 aliphatic rings. The highest BCUT2D eigenvalue weighted by molar-refractivity contribution is 5.94. The van der Waals surface area contributed by atoms with Gasteiger partial charge in [-0.05, 0) is 106 Å². The smallest absolute Gasteiger partial charge is 0.0658 e. The maximum atomic E-state index is 5.24. The van der Waals surface area contributed by atoms with E-state index in [-0.39, 0.29) is 5.41 Å². The monoisotopic (exact) mass is 415 g/mol. The molecule has 2 aromatic carbocycles. The minimum Gasteiger partial charge on any atom is -0.257 e. The van der Waals surface area contributed by atoms with E-state index in [0.717, 1.165) is 23.9 Å². The van der Waals surface area contributed by atoms with Crippen molar-refractivity contribution < 1.29 is 0 Å². The van der Waals surface area contributed by atoms with Gasteiger partial charge in [0.05, 0.1) is 5.69 Å². The fraction of sp³-hybridized carbons (Fsp3) is 0.567. The molecule has 166 valence electrons. The molecule has 3 unspecified atom stereocenters. The molecule has 2 fully saturated rings. The molecule has 2 aliphatic carbocycles. The van der Waals surface area contributed by atoms with Crippen LogP contribution in [-0.4, -0.2) is 5.71 Å². The first-order chi connectivity index (χ1) is 14.7. The van der Waals surface area contributed by atoms with Crippen molar-refractivity contribution in [1.29, 1.82) is 0 Å². The molecule has 0 N–H and O–H groups in total. The van der Waals surface area contributed by atoms with E-state index in [1.165, 1.54) is 66.5 Å². The van der Waals surface area contributed by atoms with Crippen molar-refractivity contribution >= 4 is 11.4 Å². The lowest BCUT2D eigenvalue weighted by Gasteiger charge is -2.40. The molecule has 31 heavy (non-hydrogen) atoms. The Morgan fingerprint density at radius 1 is 1.06 bits per heavy atom. The molecular weight excluding hydrogens is 374 g/mol. The van der Waals surface area contributed by atoms with Crippen molar-refractivity contribution in [2.24, 2.45) is 22.2 Å². The molecule has 0 heterocycles. The van der Waals surface area contributed by atoms with Crippen molar-refractivity contribution in [1.82, 2.24) is 0 Å². The summed E-state index contributed by atoms with van der Waals surface area (Å²) in [6.45, 7) is 13.8. The summed E-state index contributed by atoms with van der Waals surface area (Å²) in [4.78, 5) is 5.24. The second-order valence-corrected chi connectivity index (χ2v) is 11.2. The van der Waals surface area contributed by atoms with Gasteiger partial charge < -0.3 is 0 Å². The van der Waals surface area contributed by atoms with E-state index in [1.54, 1.807) is 0 Å². The van der Waals surface area contributed by atoms with Crippen LogP contribution < -0.4 is 0 Å². The second kappa shape index (κ2) is 8.57. The summed E-state index contributed by atoms with van der Waals surface area (Å²) < 4.78 is 0. The Labute approximate surface area is 190 Å². The topological polar surface area (TPSA) is 12.4 Å². The van der Waals surface area contributed by atoms with E-state index < -0.39 is 0 Å². The Balaban J connectivity index is 1.70. The predicted octanol–water partition coefficient (Wildman–Crippen LogP) is 8.52. The van der Waals surface area contributed by atoms with Gasteiger partial charge in [-0.15, -0.1) is 0 Å². The third kappa shape index (κ3) is 4.81. The Hall–Kier alpha value is -1.89. The molecule has 0 aliphatic heterocycles. The standard InChI is InChI=1S/C30H41N/c1-7-25-9-11-27(12-10-25)29(6,19-26-17-22(3)18-30(20-26)14-15-30)24(5)31-28-13-8-21(2)16-23(28)4/h8-13,16,22,26H,7,14-15,17-20H2,1-6H3/b31-24+. The molecule has 0 amide bonds. The van der Waals surface area contributed by atoms with Crippen LogP contribution in [0.3, 0.4) is 0 Å². The number of aliphatic imine (C=N–C) groups is 1. The summed E-state index contributed by atoms with van der Waals surface area (Å²) in [5, 5.41) is 0. The van der Waals surface area contributed by atoms with Crippen molar-refractivity contribution in [2.75, 3.05) is 0 Å². The summed E-state index contributed by atoms with van der Waals surface area (Å²) in [7, 11) is 0. The summed E-state index contributed by atoms with van der Waals surface area (Å²) in [5.41, 5.74) is 8.46. The van der Waals surface area contributed by atoms with Crippen LogP contribution in [0, 0.1) is 31.1 Å². The lowest BCUT2D eigenvalue weighted by molar-refractivity contribution is 0.168. The van der Waals surface area contributed by atoms with Crippen molar-refractivity contribution in [2.45, 2.75) is 91.9 Å². The Bertz CT molecular complexity index is 947. The van der Waals surface area contributed by atoms with Crippen molar-refractivity contribution in [3.63, 3.8) is 0 Å². The van der Waals surface area contributed by atoms with Crippen molar-refractivity contribution in [3.8, 4) is 0 Å². The summed E-state index contributed by atoms with van der Waals surface area (Å²) in [6.07, 6.45) is 9.50. The van der Waals surface area contributed by atoms with Crippen LogP contribution >= 0.6 is 0 Å². The fourth-order valence-corrected chi connectivity index (χ4v) is 6.31. The van der Waals surface area contributed by atoms with E-state index >= 15 is 0 Å². The van der Waals surface area contributed by atoms with Gasteiger partial charge in [-0.2, -0.15) is 0 Å². The average Bonchev–Trinajstić information content (AvgIpc) is 3.46. The minimum atomic E-state index is -0.0264. The number of aryl methyl sites for hydroxylation is 3. The zero-order chi connectivity index (χ0) is 22.2. The van der Waals surface area contributed by atoms with E-state index in [4.69, 9.17) is 4.99 Å². The minimum absolute atomic E-state index is 0.0264. The highest BCUT2D eigenvalue weighted by atomic mass is 14.8. The molecule has 0 radical (unpaired) electrons. The van der Waals surface area contributed by atoms with Gasteiger partial charge in [0.25, 0.3) is 0 Å². The molecule has 4 rings (SSSR count). The quantitative estimate of drug-likeness (QED) is 0.419. The largest absolute Gasteiger partial charge is 0.257 e. The van der Waals surface area contributed by atoms with Gasteiger partial charge in [-0.1, -0.05) is 62.7 Å². The van der Waals surface area contributed by atoms with Gasteiger partial charge in [0.15, 0.2) is 0 Å². The van der Waals surface area contributed by atoms with E-state index in [2.05, 4.69) is 84.0 Å². The fourth-order valence-electron chi connectivity index (χ4n) is 6.31. The average molecular weight is 416 g/mol. The van der Waals surface area contributed by atoms with Gasteiger partial charge in [0.1, 0.15) is 0 Å². The third-order valence-corrected chi connectivity index (χ3v) is 8.33. The van der Waals surface area contributed by atoms with Crippen LogP contribution in [0.4, 0.5) is 5.69 Å². The molecule has 0 saturated heterocycles. The maximum Gasteiger partial charge on any atom is 0.0658 e. The van der Waals surface area contributed by atoms with Crippen LogP contribution in [0.2, 0.25) is 0 Å². The lowest BCUT2D eigenvalue weighted by Crippen LogP contribution is -2.36. The van der Waals surface area contributed by atoms with Gasteiger partial charge in [-0.25, -0.2) is 0 Å². The van der Waals surface area contributed by atoms with Gasteiger partial charge in [0, 0.05) is 11.1 Å². The number of hydrogen-bond donors (Lipinski definition) is 0. The zero-order valence-corrected chi connectivity index (χ0v) is 20.6. The first-order valence-electron chi connectivity index (χ1n) is 12.5. The van der Waals surface area contributed by atoms with Gasteiger partial charge in [0.2, 0.25) is 0 Å². The highest BCUT2D eigenvalue weighted by Gasteiger charge is 2.49. The number of nitrogens with zero attached hydrogens (tertiary/aromatic N) is 1. The first-order valence-corrected chi connectivity index (χ1v) is 12.5. The molecule has 0 bridgehead atoms. The molecule has 2 saturated carbocycles. The van der Waals surface area contributed by atoms with Crippen LogP contribution in [0.5, 0.6) is 0 Å². The Morgan fingerprint density at radius 3 is 2.39 bits per heavy atom. The number of rotatable bonds is 6. The summed E-state index contributed by atoms with van der Waals surface area (Å²) in [5.74, 6) is 1.66. The van der Waals surface area contributed by atoms with Crippen LogP contribution in [0.15, 0.2) is 47.5 Å². The highest BCUT2D eigenvalue weighted by Crippen LogP contribution is 2.60. The van der Waals surface area contributed by atoms with Gasteiger partial charge >= 0.3 is 0 Å². The Kier molecular flexibility index (Phi) is 6.16. The van der Waals surface area contributed by atoms with Gasteiger partial charge in [-0.3, -0.25) is 4.99 Å². The number of benzene rings is 2. The third-order valence-electron chi connectivity index (χ3n) is 8.33. The first kappa shape index (κ1) is 22.3. The summed E-state index contributed by atoms with van der Waals surface area (Å²) >= 11 is 0. The van der Waals surface area contributed by atoms with Crippen LogP contribution in [-0.2, 0) is 11.8 Å².